The van der Waals surface area contributed by atoms with E-state index < -0.39 is 10.0 Å². The van der Waals surface area contributed by atoms with Crippen molar-refractivity contribution in [3.05, 3.63) is 51.6 Å². The molecule has 0 aliphatic carbocycles. The number of hydrogen-bond donors (Lipinski definition) is 1. The number of nitrogens with one attached hydrogen (secondary N) is 1. The molecule has 0 spiro atoms. The second-order valence-corrected chi connectivity index (χ2v) is 7.57. The number of methoxy groups -OCH3 is 1. The van der Waals surface area contributed by atoms with E-state index in [1.54, 1.807) is 12.1 Å². The van der Waals surface area contributed by atoms with Gasteiger partial charge in [-0.1, -0.05) is 40.9 Å². The first-order chi connectivity index (χ1) is 11.3. The van der Waals surface area contributed by atoms with Crippen LogP contribution in [0.15, 0.2) is 41.4 Å². The lowest BCUT2D eigenvalue weighted by molar-refractivity contribution is 0.414. The van der Waals surface area contributed by atoms with Gasteiger partial charge in [-0.3, -0.25) is 4.72 Å². The highest BCUT2D eigenvalue weighted by atomic mass is 35.5. The lowest BCUT2D eigenvalue weighted by atomic mass is 10.3. The summed E-state index contributed by atoms with van der Waals surface area (Å²) in [6.45, 7) is 0. The van der Waals surface area contributed by atoms with E-state index in [2.05, 4.69) is 9.82 Å². The molecule has 0 atom stereocenters. The van der Waals surface area contributed by atoms with Crippen LogP contribution in [0.25, 0.3) is 5.52 Å². The molecule has 0 bridgehead atoms. The van der Waals surface area contributed by atoms with Gasteiger partial charge in [-0.2, -0.15) is 13.5 Å². The Hall–Kier alpha value is -1.67. The van der Waals surface area contributed by atoms with Gasteiger partial charge < -0.3 is 4.74 Å². The van der Waals surface area contributed by atoms with Crippen molar-refractivity contribution in [1.29, 1.82) is 0 Å². The van der Waals surface area contributed by atoms with Gasteiger partial charge in [-0.15, -0.1) is 0 Å². The van der Waals surface area contributed by atoms with Crippen LogP contribution < -0.4 is 9.46 Å². The first kappa shape index (κ1) is 17.2. The van der Waals surface area contributed by atoms with E-state index in [1.807, 2.05) is 0 Å². The molecule has 0 aliphatic heterocycles. The van der Waals surface area contributed by atoms with Crippen LogP contribution in [-0.4, -0.2) is 25.1 Å². The van der Waals surface area contributed by atoms with Crippen molar-refractivity contribution in [1.82, 2.24) is 9.61 Å². The number of sulfonamides is 1. The molecule has 2 heterocycles. The van der Waals surface area contributed by atoms with Gasteiger partial charge in [0.2, 0.25) is 0 Å². The number of halogens is 3. The van der Waals surface area contributed by atoms with Gasteiger partial charge in [-0.25, -0.2) is 4.52 Å². The lowest BCUT2D eigenvalue weighted by Gasteiger charge is -2.09. The monoisotopic (exact) mass is 405 g/mol. The Bertz CT molecular complexity index is 1010. The zero-order valence-corrected chi connectivity index (χ0v) is 15.2. The minimum atomic E-state index is -4.01. The van der Waals surface area contributed by atoms with E-state index >= 15 is 0 Å². The van der Waals surface area contributed by atoms with E-state index in [1.165, 1.54) is 35.9 Å². The number of hydrogen-bond acceptors (Lipinski definition) is 4. The molecule has 0 saturated heterocycles. The van der Waals surface area contributed by atoms with Crippen molar-refractivity contribution < 1.29 is 13.2 Å². The summed E-state index contributed by atoms with van der Waals surface area (Å²) >= 11 is 18.1. The number of anilines is 1. The molecule has 0 saturated carbocycles. The Morgan fingerprint density at radius 3 is 2.42 bits per heavy atom. The molecule has 6 nitrogen and oxygen atoms in total. The normalized spacial score (nSPS) is 11.7. The smallest absolute Gasteiger partial charge is 0.281 e. The van der Waals surface area contributed by atoms with Crippen LogP contribution in [0.1, 0.15) is 0 Å². The van der Waals surface area contributed by atoms with Gasteiger partial charge in [-0.05, 0) is 12.1 Å². The highest BCUT2D eigenvalue weighted by Gasteiger charge is 2.22. The third-order valence-corrected chi connectivity index (χ3v) is 5.30. The number of pyridine rings is 1. The van der Waals surface area contributed by atoms with Crippen molar-refractivity contribution in [2.75, 3.05) is 11.8 Å². The largest absolute Gasteiger partial charge is 0.497 e. The summed E-state index contributed by atoms with van der Waals surface area (Å²) < 4.78 is 33.8. The maximum absolute atomic E-state index is 12.6. The molecule has 0 amide bonds. The Morgan fingerprint density at radius 2 is 1.79 bits per heavy atom. The molecule has 1 aromatic carbocycles. The molecule has 3 aromatic rings. The first-order valence-electron chi connectivity index (χ1n) is 6.52. The predicted octanol–water partition coefficient (Wildman–Crippen LogP) is 4.10. The van der Waals surface area contributed by atoms with Crippen molar-refractivity contribution >= 4 is 56.0 Å². The molecular formula is C14H10Cl3N3O3S. The van der Waals surface area contributed by atoms with E-state index in [0.29, 0.717) is 11.3 Å². The van der Waals surface area contributed by atoms with E-state index in [-0.39, 0.29) is 25.9 Å². The number of aromatic nitrogens is 2. The third kappa shape index (κ3) is 3.12. The molecule has 0 unspecified atom stereocenters. The fraction of sp³-hybridized carbons (Fsp3) is 0.0714. The summed E-state index contributed by atoms with van der Waals surface area (Å²) in [6.07, 6.45) is 0. The molecular weight excluding hydrogens is 397 g/mol. The topological polar surface area (TPSA) is 72.7 Å². The quantitative estimate of drug-likeness (QED) is 0.662. The molecule has 0 fully saturated rings. The van der Waals surface area contributed by atoms with Crippen LogP contribution in [0.5, 0.6) is 5.75 Å². The van der Waals surface area contributed by atoms with Crippen LogP contribution in [0, 0.1) is 0 Å². The molecule has 1 N–H and O–H groups in total. The Labute approximate surface area is 152 Å². The van der Waals surface area contributed by atoms with Crippen LogP contribution in [0.3, 0.4) is 0 Å². The number of para-hydroxylation sites is 1. The second kappa shape index (κ2) is 6.33. The molecule has 10 heteroatoms. The Morgan fingerprint density at radius 1 is 1.12 bits per heavy atom. The zero-order valence-electron chi connectivity index (χ0n) is 12.1. The van der Waals surface area contributed by atoms with Crippen LogP contribution >= 0.6 is 34.8 Å². The van der Waals surface area contributed by atoms with Crippen LogP contribution in [-0.2, 0) is 10.0 Å². The number of benzene rings is 1. The summed E-state index contributed by atoms with van der Waals surface area (Å²) in [4.78, 5) is 0. The third-order valence-electron chi connectivity index (χ3n) is 3.18. The van der Waals surface area contributed by atoms with Gasteiger partial charge in [0.15, 0.2) is 5.03 Å². The molecule has 0 radical (unpaired) electrons. The van der Waals surface area contributed by atoms with Crippen molar-refractivity contribution in [2.24, 2.45) is 0 Å². The highest BCUT2D eigenvalue weighted by molar-refractivity contribution is 7.92. The van der Waals surface area contributed by atoms with Gasteiger partial charge in [0, 0.05) is 18.2 Å². The maximum atomic E-state index is 12.6. The van der Waals surface area contributed by atoms with E-state index in [4.69, 9.17) is 39.5 Å². The Balaban J connectivity index is 2.07. The Kier molecular flexibility index (Phi) is 4.52. The molecule has 3 rings (SSSR count). The average Bonchev–Trinajstić information content (AvgIpc) is 2.96. The summed E-state index contributed by atoms with van der Waals surface area (Å²) in [6, 6.07) is 9.16. The minimum Gasteiger partial charge on any atom is -0.497 e. The number of ether oxygens (including phenoxy) is 1. The number of fused-ring (bicyclic) bond motifs is 1. The number of rotatable bonds is 4. The first-order valence-corrected chi connectivity index (χ1v) is 9.13. The van der Waals surface area contributed by atoms with Crippen LogP contribution in [0.4, 0.5) is 5.69 Å². The second-order valence-electron chi connectivity index (χ2n) is 4.74. The zero-order chi connectivity index (χ0) is 17.5. The maximum Gasteiger partial charge on any atom is 0.281 e. The van der Waals surface area contributed by atoms with Crippen molar-refractivity contribution in [3.8, 4) is 5.75 Å². The minimum absolute atomic E-state index is 0.0848. The van der Waals surface area contributed by atoms with Gasteiger partial charge >= 0.3 is 0 Å². The fourth-order valence-electron chi connectivity index (χ4n) is 2.04. The van der Waals surface area contributed by atoms with Crippen LogP contribution in [0.2, 0.25) is 15.2 Å². The molecule has 24 heavy (non-hydrogen) atoms. The standard InChI is InChI=1S/C14H10Cl3N3O3S/c1-23-9-5-8-6-13(18-20(8)12(17)7-9)24(21,22)19-14-10(15)3-2-4-11(14)16/h2-7,19H,1H3. The van der Waals surface area contributed by atoms with E-state index in [0.717, 1.165) is 0 Å². The van der Waals surface area contributed by atoms with Gasteiger partial charge in [0.05, 0.1) is 28.4 Å². The van der Waals surface area contributed by atoms with E-state index in [9.17, 15) is 8.42 Å². The summed E-state index contributed by atoms with van der Waals surface area (Å²) in [5.41, 5.74) is 0.548. The fourth-order valence-corrected chi connectivity index (χ4v) is 3.95. The molecule has 2 aromatic heterocycles. The van der Waals surface area contributed by atoms with Gasteiger partial charge in [0.1, 0.15) is 10.9 Å². The summed E-state index contributed by atoms with van der Waals surface area (Å²) in [5.74, 6) is 0.485. The average molecular weight is 407 g/mol. The highest BCUT2D eigenvalue weighted by Crippen LogP contribution is 2.32. The number of nitrogens with zero attached hydrogens (tertiary/aromatic N) is 2. The molecule has 0 aliphatic rings. The molecule has 126 valence electrons. The lowest BCUT2D eigenvalue weighted by Crippen LogP contribution is -2.14. The SMILES string of the molecule is COc1cc(Cl)n2nc(S(=O)(=O)Nc3c(Cl)cccc3Cl)cc2c1. The van der Waals surface area contributed by atoms with Crippen molar-refractivity contribution in [3.63, 3.8) is 0 Å². The summed E-state index contributed by atoms with van der Waals surface area (Å²) in [7, 11) is -2.52. The summed E-state index contributed by atoms with van der Waals surface area (Å²) in [5, 5.41) is 4.34. The predicted molar refractivity (Wildman–Crippen MR) is 94.0 cm³/mol. The van der Waals surface area contributed by atoms with Crippen molar-refractivity contribution in [2.45, 2.75) is 5.03 Å². The van der Waals surface area contributed by atoms with Gasteiger partial charge in [0.25, 0.3) is 10.0 Å².